The average Bonchev–Trinajstić information content (AvgIpc) is 2.92. The molecule has 3 rings (SSSR count). The van der Waals surface area contributed by atoms with Crippen LogP contribution in [0, 0.1) is 0 Å². The molecule has 0 saturated carbocycles. The molecule has 0 unspecified atom stereocenters. The minimum absolute atomic E-state index is 0.203. The van der Waals surface area contributed by atoms with Gasteiger partial charge in [-0.2, -0.15) is 13.2 Å². The van der Waals surface area contributed by atoms with Crippen LogP contribution in [0.1, 0.15) is 28.0 Å². The van der Waals surface area contributed by atoms with E-state index in [1.54, 1.807) is 0 Å². The number of halogens is 3. The Kier molecular flexibility index (Phi) is 4.24. The topological polar surface area (TPSA) is 13.1 Å². The quantitative estimate of drug-likeness (QED) is 0.621. The average molecular weight is 316 g/mol. The zero-order valence-electron chi connectivity index (χ0n) is 12.3. The van der Waals surface area contributed by atoms with E-state index in [1.165, 1.54) is 0 Å². The Morgan fingerprint density at radius 2 is 1.26 bits per heavy atom. The van der Waals surface area contributed by atoms with Crippen molar-refractivity contribution in [2.24, 2.45) is 0 Å². The van der Waals surface area contributed by atoms with Crippen molar-refractivity contribution >= 4 is 0 Å². The Morgan fingerprint density at radius 3 is 1.78 bits per heavy atom. The van der Waals surface area contributed by atoms with Gasteiger partial charge >= 0.3 is 6.18 Å². The van der Waals surface area contributed by atoms with E-state index in [0.29, 0.717) is 12.2 Å². The fourth-order valence-corrected chi connectivity index (χ4v) is 2.58. The standard InChI is InChI=1S/C19H15F3O/c20-19(21,22)17-13-23-18(12-15-9-5-2-6-10-15)16(17)11-14-7-3-1-4-8-14/h1-10,13H,11-12H2. The molecule has 0 fully saturated rings. The molecule has 0 aliphatic carbocycles. The lowest BCUT2D eigenvalue weighted by molar-refractivity contribution is -0.138. The van der Waals surface area contributed by atoms with Crippen molar-refractivity contribution in [1.82, 2.24) is 0 Å². The van der Waals surface area contributed by atoms with Crippen LogP contribution >= 0.6 is 0 Å². The summed E-state index contributed by atoms with van der Waals surface area (Å²) in [6.45, 7) is 0. The zero-order valence-corrected chi connectivity index (χ0v) is 12.3. The third-order valence-corrected chi connectivity index (χ3v) is 3.72. The molecule has 23 heavy (non-hydrogen) atoms. The molecule has 2 aromatic carbocycles. The molecule has 0 spiro atoms. The number of benzene rings is 2. The van der Waals surface area contributed by atoms with Crippen LogP contribution in [0.5, 0.6) is 0 Å². The predicted molar refractivity (Wildman–Crippen MR) is 82.2 cm³/mol. The number of rotatable bonds is 4. The molecule has 0 saturated heterocycles. The summed E-state index contributed by atoms with van der Waals surface area (Å²) < 4.78 is 45.0. The highest BCUT2D eigenvalue weighted by Gasteiger charge is 2.36. The third-order valence-electron chi connectivity index (χ3n) is 3.72. The van der Waals surface area contributed by atoms with Crippen LogP contribution in [-0.4, -0.2) is 0 Å². The zero-order chi connectivity index (χ0) is 16.3. The van der Waals surface area contributed by atoms with Gasteiger partial charge in [0, 0.05) is 18.4 Å². The molecule has 0 aliphatic rings. The van der Waals surface area contributed by atoms with Crippen LogP contribution < -0.4 is 0 Å². The van der Waals surface area contributed by atoms with E-state index in [9.17, 15) is 13.2 Å². The summed E-state index contributed by atoms with van der Waals surface area (Å²) in [5.74, 6) is 0.368. The molecule has 0 atom stereocenters. The lowest BCUT2D eigenvalue weighted by Crippen LogP contribution is -2.08. The molecule has 0 radical (unpaired) electrons. The summed E-state index contributed by atoms with van der Waals surface area (Å²) in [5, 5.41) is 0. The molecule has 4 heteroatoms. The maximum Gasteiger partial charge on any atom is 0.419 e. The monoisotopic (exact) mass is 316 g/mol. The highest BCUT2D eigenvalue weighted by Crippen LogP contribution is 2.36. The summed E-state index contributed by atoms with van der Waals surface area (Å²) in [6.07, 6.45) is -3.04. The number of hydrogen-bond acceptors (Lipinski definition) is 1. The van der Waals surface area contributed by atoms with Crippen molar-refractivity contribution in [3.8, 4) is 0 Å². The summed E-state index contributed by atoms with van der Waals surface area (Å²) >= 11 is 0. The Balaban J connectivity index is 1.98. The van der Waals surface area contributed by atoms with Gasteiger partial charge in [0.1, 0.15) is 12.0 Å². The molecule has 118 valence electrons. The van der Waals surface area contributed by atoms with Crippen LogP contribution in [0.25, 0.3) is 0 Å². The third kappa shape index (κ3) is 3.65. The number of hydrogen-bond donors (Lipinski definition) is 0. The summed E-state index contributed by atoms with van der Waals surface area (Å²) in [4.78, 5) is 0. The van der Waals surface area contributed by atoms with E-state index in [1.807, 2.05) is 60.7 Å². The second-order valence-corrected chi connectivity index (χ2v) is 5.37. The fourth-order valence-electron chi connectivity index (χ4n) is 2.58. The maximum absolute atomic E-state index is 13.2. The van der Waals surface area contributed by atoms with Crippen molar-refractivity contribution in [3.63, 3.8) is 0 Å². The first-order valence-electron chi connectivity index (χ1n) is 7.28. The Labute approximate surface area is 132 Å². The van der Waals surface area contributed by atoms with Gasteiger partial charge < -0.3 is 4.42 Å². The fraction of sp³-hybridized carbons (Fsp3) is 0.158. The molecular weight excluding hydrogens is 301 g/mol. The van der Waals surface area contributed by atoms with Crippen LogP contribution in [0.2, 0.25) is 0 Å². The second-order valence-electron chi connectivity index (χ2n) is 5.37. The molecule has 1 nitrogen and oxygen atoms in total. The molecule has 0 N–H and O–H groups in total. The Bertz CT molecular complexity index is 758. The number of furan rings is 1. The predicted octanol–water partition coefficient (Wildman–Crippen LogP) is 5.48. The first-order chi connectivity index (χ1) is 11.0. The van der Waals surface area contributed by atoms with E-state index in [2.05, 4.69) is 0 Å². The van der Waals surface area contributed by atoms with Gasteiger partial charge in [-0.1, -0.05) is 60.7 Å². The maximum atomic E-state index is 13.2. The normalized spacial score (nSPS) is 11.6. The van der Waals surface area contributed by atoms with Gasteiger partial charge in [0.05, 0.1) is 5.56 Å². The van der Waals surface area contributed by atoms with E-state index < -0.39 is 11.7 Å². The van der Waals surface area contributed by atoms with Crippen LogP contribution in [0.4, 0.5) is 13.2 Å². The van der Waals surface area contributed by atoms with Crippen LogP contribution in [-0.2, 0) is 19.0 Å². The van der Waals surface area contributed by atoms with Crippen LogP contribution in [0.3, 0.4) is 0 Å². The summed E-state index contributed by atoms with van der Waals surface area (Å²) in [6, 6.07) is 18.5. The number of alkyl halides is 3. The van der Waals surface area contributed by atoms with Crippen molar-refractivity contribution < 1.29 is 17.6 Å². The lowest BCUT2D eigenvalue weighted by Gasteiger charge is -2.09. The van der Waals surface area contributed by atoms with E-state index in [4.69, 9.17) is 4.42 Å². The first-order valence-corrected chi connectivity index (χ1v) is 7.28. The SMILES string of the molecule is FC(F)(F)c1coc(Cc2ccccc2)c1Cc1ccccc1. The Hall–Kier alpha value is -2.49. The van der Waals surface area contributed by atoms with Gasteiger partial charge in [0.25, 0.3) is 0 Å². The lowest BCUT2D eigenvalue weighted by atomic mass is 9.98. The molecule has 1 aromatic heterocycles. The van der Waals surface area contributed by atoms with E-state index in [0.717, 1.165) is 17.4 Å². The van der Waals surface area contributed by atoms with Gasteiger partial charge in [-0.05, 0) is 11.1 Å². The summed E-state index contributed by atoms with van der Waals surface area (Å²) in [7, 11) is 0. The van der Waals surface area contributed by atoms with Gasteiger partial charge in [-0.3, -0.25) is 0 Å². The smallest absolute Gasteiger partial charge is 0.419 e. The first kappa shape index (κ1) is 15.4. The summed E-state index contributed by atoms with van der Waals surface area (Å²) in [5.41, 5.74) is 1.28. The second kappa shape index (κ2) is 6.32. The molecule has 1 heterocycles. The highest BCUT2D eigenvalue weighted by atomic mass is 19.4. The molecule has 3 aromatic rings. The van der Waals surface area contributed by atoms with Gasteiger partial charge in [0.2, 0.25) is 0 Å². The van der Waals surface area contributed by atoms with Gasteiger partial charge in [0.15, 0.2) is 0 Å². The van der Waals surface area contributed by atoms with Gasteiger partial charge in [-0.25, -0.2) is 0 Å². The molecule has 0 aliphatic heterocycles. The van der Waals surface area contributed by atoms with Crippen molar-refractivity contribution in [2.75, 3.05) is 0 Å². The molecule has 0 amide bonds. The van der Waals surface area contributed by atoms with Crippen molar-refractivity contribution in [1.29, 1.82) is 0 Å². The molecular formula is C19H15F3O. The minimum atomic E-state index is -4.41. The van der Waals surface area contributed by atoms with Crippen molar-refractivity contribution in [2.45, 2.75) is 19.0 Å². The van der Waals surface area contributed by atoms with E-state index in [-0.39, 0.29) is 12.0 Å². The van der Waals surface area contributed by atoms with Crippen LogP contribution in [0.15, 0.2) is 71.3 Å². The van der Waals surface area contributed by atoms with Gasteiger partial charge in [-0.15, -0.1) is 0 Å². The Morgan fingerprint density at radius 1 is 0.739 bits per heavy atom. The largest absolute Gasteiger partial charge is 0.468 e. The highest BCUT2D eigenvalue weighted by molar-refractivity contribution is 5.38. The molecule has 0 bridgehead atoms. The van der Waals surface area contributed by atoms with Crippen molar-refractivity contribution in [3.05, 3.63) is 94.9 Å². The van der Waals surface area contributed by atoms with E-state index >= 15 is 0 Å². The minimum Gasteiger partial charge on any atom is -0.468 e.